The Morgan fingerprint density at radius 1 is 1.38 bits per heavy atom. The molecule has 3 heterocycles. The minimum Gasteiger partial charge on any atom is -0.352 e. The van der Waals surface area contributed by atoms with Crippen molar-refractivity contribution in [2.75, 3.05) is 6.54 Å². The Morgan fingerprint density at radius 3 is 3.21 bits per heavy atom. The fourth-order valence-electron chi connectivity index (χ4n) is 2.52. The Morgan fingerprint density at radius 2 is 2.29 bits per heavy atom. The van der Waals surface area contributed by atoms with E-state index < -0.39 is 0 Å². The molecule has 0 bridgehead atoms. The Kier molecular flexibility index (Phi) is 3.84. The van der Waals surface area contributed by atoms with Crippen LogP contribution >= 0.6 is 11.3 Å². The van der Waals surface area contributed by atoms with Crippen LogP contribution < -0.4 is 5.32 Å². The summed E-state index contributed by atoms with van der Waals surface area (Å²) in [6, 6.07) is 7.88. The summed E-state index contributed by atoms with van der Waals surface area (Å²) < 4.78 is 1.95. The van der Waals surface area contributed by atoms with Gasteiger partial charge in [0.1, 0.15) is 5.82 Å². The monoisotopic (exact) mass is 337 g/mol. The second kappa shape index (κ2) is 6.29. The van der Waals surface area contributed by atoms with Gasteiger partial charge in [-0.05, 0) is 18.2 Å². The summed E-state index contributed by atoms with van der Waals surface area (Å²) in [6.07, 6.45) is 7.65. The van der Waals surface area contributed by atoms with Crippen molar-refractivity contribution in [3.05, 3.63) is 59.6 Å². The zero-order chi connectivity index (χ0) is 16.4. The number of aromatic amines is 1. The van der Waals surface area contributed by atoms with Crippen LogP contribution in [0.15, 0.2) is 48.1 Å². The minimum absolute atomic E-state index is 0.128. The molecule has 0 atom stereocenters. The van der Waals surface area contributed by atoms with Crippen molar-refractivity contribution in [2.24, 2.45) is 0 Å². The third-order valence-electron chi connectivity index (χ3n) is 3.68. The van der Waals surface area contributed by atoms with Crippen LogP contribution in [0, 0.1) is 0 Å². The van der Waals surface area contributed by atoms with Crippen LogP contribution in [0.2, 0.25) is 0 Å². The number of carbonyl (C=O) groups is 1. The molecule has 0 aliphatic heterocycles. The highest BCUT2D eigenvalue weighted by Gasteiger charge is 2.04. The molecule has 7 heteroatoms. The molecule has 0 fully saturated rings. The zero-order valence-electron chi connectivity index (χ0n) is 12.8. The number of carbonyl (C=O) groups excluding carboxylic acids is 1. The number of rotatable bonds is 5. The number of H-pyrrole nitrogens is 1. The highest BCUT2D eigenvalue weighted by Crippen LogP contribution is 2.13. The summed E-state index contributed by atoms with van der Waals surface area (Å²) in [5.41, 5.74) is 2.84. The Labute approximate surface area is 141 Å². The van der Waals surface area contributed by atoms with E-state index in [0.717, 1.165) is 27.5 Å². The van der Waals surface area contributed by atoms with E-state index in [1.807, 2.05) is 40.2 Å². The van der Waals surface area contributed by atoms with Gasteiger partial charge in [-0.1, -0.05) is 12.1 Å². The second-order valence-electron chi connectivity index (χ2n) is 5.31. The molecule has 0 saturated carbocycles. The first-order valence-electron chi connectivity index (χ1n) is 7.60. The number of fused-ring (bicyclic) bond motifs is 2. The van der Waals surface area contributed by atoms with E-state index in [0.29, 0.717) is 13.0 Å². The van der Waals surface area contributed by atoms with Crippen LogP contribution in [0.4, 0.5) is 0 Å². The quantitative estimate of drug-likeness (QED) is 0.550. The van der Waals surface area contributed by atoms with Gasteiger partial charge in [-0.25, -0.2) is 9.97 Å². The molecular formula is C17H15N5OS. The first kappa shape index (κ1) is 14.6. The van der Waals surface area contributed by atoms with Gasteiger partial charge >= 0.3 is 0 Å². The summed E-state index contributed by atoms with van der Waals surface area (Å²) in [5, 5.41) is 4.83. The maximum Gasteiger partial charge on any atom is 0.244 e. The van der Waals surface area contributed by atoms with Gasteiger partial charge in [-0.3, -0.25) is 9.20 Å². The molecule has 1 amide bonds. The van der Waals surface area contributed by atoms with Crippen molar-refractivity contribution in [2.45, 2.75) is 6.42 Å². The lowest BCUT2D eigenvalue weighted by Gasteiger charge is -1.99. The lowest BCUT2D eigenvalue weighted by Crippen LogP contribution is -2.23. The number of nitrogens with zero attached hydrogens (tertiary/aromatic N) is 3. The number of nitrogens with one attached hydrogen (secondary N) is 2. The number of benzene rings is 1. The van der Waals surface area contributed by atoms with Crippen LogP contribution in [0.25, 0.3) is 22.1 Å². The highest BCUT2D eigenvalue weighted by atomic mass is 32.1. The number of imidazole rings is 2. The first-order valence-corrected chi connectivity index (χ1v) is 8.48. The Bertz CT molecular complexity index is 993. The number of amides is 1. The molecule has 2 N–H and O–H groups in total. The number of hydrogen-bond donors (Lipinski definition) is 2. The van der Waals surface area contributed by atoms with Crippen molar-refractivity contribution >= 4 is 39.3 Å². The fraction of sp³-hybridized carbons (Fsp3) is 0.118. The molecular weight excluding hydrogens is 322 g/mol. The highest BCUT2D eigenvalue weighted by molar-refractivity contribution is 7.15. The molecule has 4 rings (SSSR count). The first-order chi connectivity index (χ1) is 11.8. The molecule has 6 nitrogen and oxygen atoms in total. The van der Waals surface area contributed by atoms with E-state index in [9.17, 15) is 4.79 Å². The van der Waals surface area contributed by atoms with Gasteiger partial charge in [-0.2, -0.15) is 0 Å². The van der Waals surface area contributed by atoms with E-state index in [-0.39, 0.29) is 5.91 Å². The van der Waals surface area contributed by atoms with Crippen LogP contribution in [0.3, 0.4) is 0 Å². The second-order valence-corrected chi connectivity index (χ2v) is 6.19. The molecule has 3 aromatic heterocycles. The standard InChI is InChI=1S/C17H15N5OS/c23-16(6-5-12-11-19-17-22(12)9-10-24-17)18-8-7-15-20-13-3-1-2-4-14(13)21-15/h1-6,9-11H,7-8H2,(H,18,23)(H,20,21)/b6-5+. The average Bonchev–Trinajstić information content (AvgIpc) is 3.28. The molecule has 1 aromatic carbocycles. The molecule has 0 unspecified atom stereocenters. The smallest absolute Gasteiger partial charge is 0.244 e. The lowest BCUT2D eigenvalue weighted by molar-refractivity contribution is -0.116. The van der Waals surface area contributed by atoms with Crippen molar-refractivity contribution in [1.82, 2.24) is 24.7 Å². The largest absolute Gasteiger partial charge is 0.352 e. The normalized spacial score (nSPS) is 11.7. The van der Waals surface area contributed by atoms with Crippen LogP contribution in [-0.4, -0.2) is 31.8 Å². The lowest BCUT2D eigenvalue weighted by atomic mass is 10.3. The van der Waals surface area contributed by atoms with E-state index in [2.05, 4.69) is 20.3 Å². The minimum atomic E-state index is -0.128. The summed E-state index contributed by atoms with van der Waals surface area (Å²) in [7, 11) is 0. The molecule has 4 aromatic rings. The van der Waals surface area contributed by atoms with Gasteiger partial charge in [0.2, 0.25) is 5.91 Å². The fourth-order valence-corrected chi connectivity index (χ4v) is 3.21. The maximum absolute atomic E-state index is 11.9. The predicted molar refractivity (Wildman–Crippen MR) is 94.9 cm³/mol. The van der Waals surface area contributed by atoms with Crippen molar-refractivity contribution in [3.63, 3.8) is 0 Å². The van der Waals surface area contributed by atoms with Gasteiger partial charge in [0.05, 0.1) is 22.9 Å². The Balaban J connectivity index is 1.33. The molecule has 0 spiro atoms. The predicted octanol–water partition coefficient (Wildman–Crippen LogP) is 2.64. The zero-order valence-corrected chi connectivity index (χ0v) is 13.6. The summed E-state index contributed by atoms with van der Waals surface area (Å²) in [5.74, 6) is 0.743. The third kappa shape index (κ3) is 2.93. The van der Waals surface area contributed by atoms with E-state index >= 15 is 0 Å². The van der Waals surface area contributed by atoms with Gasteiger partial charge in [-0.15, -0.1) is 11.3 Å². The van der Waals surface area contributed by atoms with Gasteiger partial charge in [0.15, 0.2) is 4.96 Å². The average molecular weight is 337 g/mol. The van der Waals surface area contributed by atoms with E-state index in [1.165, 1.54) is 6.08 Å². The van der Waals surface area contributed by atoms with Crippen molar-refractivity contribution in [1.29, 1.82) is 0 Å². The van der Waals surface area contributed by atoms with Gasteiger partial charge < -0.3 is 10.3 Å². The van der Waals surface area contributed by atoms with Gasteiger partial charge in [0, 0.05) is 30.6 Å². The molecule has 120 valence electrons. The van der Waals surface area contributed by atoms with Gasteiger partial charge in [0.25, 0.3) is 0 Å². The van der Waals surface area contributed by atoms with Crippen LogP contribution in [0.5, 0.6) is 0 Å². The molecule has 24 heavy (non-hydrogen) atoms. The number of aromatic nitrogens is 4. The summed E-state index contributed by atoms with van der Waals surface area (Å²) >= 11 is 1.56. The van der Waals surface area contributed by atoms with Crippen molar-refractivity contribution < 1.29 is 4.79 Å². The van der Waals surface area contributed by atoms with Crippen molar-refractivity contribution in [3.8, 4) is 0 Å². The number of hydrogen-bond acceptors (Lipinski definition) is 4. The summed E-state index contributed by atoms with van der Waals surface area (Å²) in [4.78, 5) is 24.8. The molecule has 0 radical (unpaired) electrons. The maximum atomic E-state index is 11.9. The van der Waals surface area contributed by atoms with E-state index in [4.69, 9.17) is 0 Å². The SMILES string of the molecule is O=C(/C=C/c1cnc2sccn12)NCCc1nc2ccccc2[nH]1. The summed E-state index contributed by atoms with van der Waals surface area (Å²) in [6.45, 7) is 0.531. The van der Waals surface area contributed by atoms with E-state index in [1.54, 1.807) is 23.6 Å². The topological polar surface area (TPSA) is 75.1 Å². The molecule has 0 aliphatic carbocycles. The molecule has 0 saturated heterocycles. The van der Waals surface area contributed by atoms with Crippen LogP contribution in [-0.2, 0) is 11.2 Å². The molecule has 0 aliphatic rings. The number of para-hydroxylation sites is 2. The third-order valence-corrected chi connectivity index (χ3v) is 4.45. The Hall–Kier alpha value is -2.93. The number of thiazole rings is 1. The van der Waals surface area contributed by atoms with Crippen LogP contribution in [0.1, 0.15) is 11.5 Å².